The maximum atomic E-state index is 13.2. The van der Waals surface area contributed by atoms with Crippen LogP contribution in [0.1, 0.15) is 10.4 Å². The lowest BCUT2D eigenvalue weighted by Crippen LogP contribution is -2.33. The van der Waals surface area contributed by atoms with Crippen molar-refractivity contribution in [3.63, 3.8) is 0 Å². The molecule has 0 bridgehead atoms. The van der Waals surface area contributed by atoms with Gasteiger partial charge in [-0.3, -0.25) is 4.79 Å². The Balaban J connectivity index is 1.79. The molecule has 0 fully saturated rings. The summed E-state index contributed by atoms with van der Waals surface area (Å²) in [5.41, 5.74) is 4.32. The third-order valence-corrected chi connectivity index (χ3v) is 6.02. The summed E-state index contributed by atoms with van der Waals surface area (Å²) in [6.45, 7) is 1.23. The normalized spacial score (nSPS) is 11.1. The van der Waals surface area contributed by atoms with E-state index in [0.717, 1.165) is 33.5 Å². The smallest absolute Gasteiger partial charge is 0.257 e. The maximum Gasteiger partial charge on any atom is 0.257 e. The first kappa shape index (κ1) is 24.1. The summed E-state index contributed by atoms with van der Waals surface area (Å²) < 4.78 is 11.0. The second-order valence-corrected chi connectivity index (χ2v) is 8.63. The number of ether oxygens (including phenoxy) is 2. The number of H-pyrrole nitrogens is 1. The van der Waals surface area contributed by atoms with Gasteiger partial charge in [0.05, 0.1) is 19.8 Å². The molecule has 0 atom stereocenters. The molecule has 0 aliphatic carbocycles. The van der Waals surface area contributed by atoms with E-state index in [4.69, 9.17) is 9.47 Å². The number of nitrogens with zero attached hydrogens (tertiary/aromatic N) is 3. The molecule has 2 aromatic heterocycles. The number of carbonyl (C=O) groups excluding carboxylic acids is 1. The Morgan fingerprint density at radius 2 is 1.71 bits per heavy atom. The molecule has 35 heavy (non-hydrogen) atoms. The van der Waals surface area contributed by atoms with E-state index in [1.807, 2.05) is 55.5 Å². The van der Waals surface area contributed by atoms with Gasteiger partial charge < -0.3 is 29.4 Å². The Bertz CT molecular complexity index is 1360. The van der Waals surface area contributed by atoms with Crippen LogP contribution < -0.4 is 9.47 Å². The van der Waals surface area contributed by atoms with Crippen LogP contribution in [0, 0.1) is 0 Å². The average Bonchev–Trinajstić information content (AvgIpc) is 3.30. The van der Waals surface area contributed by atoms with Crippen LogP contribution in [0.25, 0.3) is 33.3 Å². The number of nitrogens with one attached hydrogen (secondary N) is 1. The number of aromatic amines is 1. The van der Waals surface area contributed by atoms with Gasteiger partial charge in [0, 0.05) is 54.6 Å². The zero-order valence-corrected chi connectivity index (χ0v) is 20.6. The number of carbonyl (C=O) groups is 1. The van der Waals surface area contributed by atoms with Crippen LogP contribution in [0.15, 0.2) is 54.9 Å². The van der Waals surface area contributed by atoms with Crippen LogP contribution in [0.3, 0.4) is 0 Å². The van der Waals surface area contributed by atoms with E-state index in [9.17, 15) is 9.90 Å². The zero-order valence-electron chi connectivity index (χ0n) is 20.6. The molecule has 1 amide bonds. The highest BCUT2D eigenvalue weighted by atomic mass is 16.5. The zero-order chi connectivity index (χ0) is 25.1. The molecule has 0 saturated carbocycles. The molecule has 0 aliphatic rings. The number of likely N-dealkylation sites (N-methyl/N-ethyl adjacent to an activating group) is 2. The molecule has 4 aromatic rings. The third-order valence-electron chi connectivity index (χ3n) is 6.02. The predicted molar refractivity (Wildman–Crippen MR) is 137 cm³/mol. The van der Waals surface area contributed by atoms with Crippen LogP contribution in [-0.2, 0) is 0 Å². The van der Waals surface area contributed by atoms with Crippen LogP contribution >= 0.6 is 0 Å². The van der Waals surface area contributed by atoms with E-state index in [0.29, 0.717) is 18.7 Å². The third kappa shape index (κ3) is 4.79. The van der Waals surface area contributed by atoms with E-state index >= 15 is 0 Å². The first-order chi connectivity index (χ1) is 16.8. The molecule has 182 valence electrons. The van der Waals surface area contributed by atoms with Gasteiger partial charge >= 0.3 is 0 Å². The van der Waals surface area contributed by atoms with Crippen molar-refractivity contribution in [1.82, 2.24) is 19.8 Å². The number of hydrogen-bond donors (Lipinski definition) is 2. The Kier molecular flexibility index (Phi) is 6.93. The van der Waals surface area contributed by atoms with Crippen molar-refractivity contribution < 1.29 is 19.4 Å². The summed E-state index contributed by atoms with van der Waals surface area (Å²) in [5, 5.41) is 11.6. The molecule has 0 saturated heterocycles. The number of aromatic hydroxyl groups is 1. The van der Waals surface area contributed by atoms with E-state index in [1.54, 1.807) is 37.4 Å². The fourth-order valence-corrected chi connectivity index (χ4v) is 4.00. The number of aromatic nitrogens is 2. The molecule has 0 spiro atoms. The Morgan fingerprint density at radius 1 is 0.971 bits per heavy atom. The standard InChI is InChI=1S/C27H30N4O4/c1-30(2)10-11-31(3)27(33)21-12-17(14-24(35-5)25(21)32)18-13-20-22(16-29-26(20)28-15-18)19-8-6-7-9-23(19)34-4/h6-9,12-16,32H,10-11H2,1-5H3,(H,28,29). The predicted octanol–water partition coefficient (Wildman–Crippen LogP) is 4.25. The second kappa shape index (κ2) is 10.1. The van der Waals surface area contributed by atoms with E-state index in [1.165, 1.54) is 7.11 Å². The number of phenolic OH excluding ortho intramolecular Hbond substituents is 1. The summed E-state index contributed by atoms with van der Waals surface area (Å²) in [6, 6.07) is 13.2. The highest BCUT2D eigenvalue weighted by Crippen LogP contribution is 2.39. The van der Waals surface area contributed by atoms with Gasteiger partial charge in [-0.05, 0) is 43.9 Å². The SMILES string of the molecule is COc1ccccc1-c1c[nH]c2ncc(-c3cc(OC)c(O)c(C(=O)N(C)CCN(C)C)c3)cc12. The quantitative estimate of drug-likeness (QED) is 0.397. The van der Waals surface area contributed by atoms with Gasteiger partial charge in [0.25, 0.3) is 5.91 Å². The largest absolute Gasteiger partial charge is 0.504 e. The van der Waals surface area contributed by atoms with Crippen molar-refractivity contribution in [1.29, 1.82) is 0 Å². The maximum absolute atomic E-state index is 13.2. The number of benzene rings is 2. The topological polar surface area (TPSA) is 90.9 Å². The summed E-state index contributed by atoms with van der Waals surface area (Å²) in [7, 11) is 8.73. The fourth-order valence-electron chi connectivity index (χ4n) is 4.00. The van der Waals surface area contributed by atoms with E-state index < -0.39 is 0 Å². The molecule has 8 heteroatoms. The molecular formula is C27H30N4O4. The van der Waals surface area contributed by atoms with Gasteiger partial charge in [0.2, 0.25) is 0 Å². The summed E-state index contributed by atoms with van der Waals surface area (Å²) in [5.74, 6) is 0.531. The monoisotopic (exact) mass is 474 g/mol. The molecular weight excluding hydrogens is 444 g/mol. The van der Waals surface area contributed by atoms with Crippen molar-refractivity contribution in [3.05, 3.63) is 60.4 Å². The van der Waals surface area contributed by atoms with Crippen molar-refractivity contribution >= 4 is 16.9 Å². The van der Waals surface area contributed by atoms with Crippen LogP contribution in [0.4, 0.5) is 0 Å². The van der Waals surface area contributed by atoms with E-state index in [-0.39, 0.29) is 23.0 Å². The summed E-state index contributed by atoms with van der Waals surface area (Å²) in [4.78, 5) is 24.6. The Morgan fingerprint density at radius 3 is 2.43 bits per heavy atom. The fraction of sp³-hybridized carbons (Fsp3) is 0.259. The van der Waals surface area contributed by atoms with Gasteiger partial charge in [0.1, 0.15) is 11.4 Å². The number of amides is 1. The van der Waals surface area contributed by atoms with Crippen molar-refractivity contribution in [3.8, 4) is 39.5 Å². The number of rotatable bonds is 8. The van der Waals surface area contributed by atoms with Crippen LogP contribution in [0.2, 0.25) is 0 Å². The van der Waals surface area contributed by atoms with E-state index in [2.05, 4.69) is 9.97 Å². The minimum atomic E-state index is -0.283. The molecule has 8 nitrogen and oxygen atoms in total. The van der Waals surface area contributed by atoms with Gasteiger partial charge in [-0.25, -0.2) is 4.98 Å². The van der Waals surface area contributed by atoms with Gasteiger partial charge in [-0.2, -0.15) is 0 Å². The lowest BCUT2D eigenvalue weighted by molar-refractivity contribution is 0.0782. The molecule has 2 aromatic carbocycles. The van der Waals surface area contributed by atoms with Crippen LogP contribution in [-0.4, -0.2) is 79.2 Å². The Hall–Kier alpha value is -4.04. The highest BCUT2D eigenvalue weighted by molar-refractivity contribution is 6.00. The molecule has 2 N–H and O–H groups in total. The first-order valence-electron chi connectivity index (χ1n) is 11.3. The minimum Gasteiger partial charge on any atom is -0.504 e. The number of para-hydroxylation sites is 1. The number of methoxy groups -OCH3 is 2. The molecule has 0 unspecified atom stereocenters. The number of fused-ring (bicyclic) bond motifs is 1. The van der Waals surface area contributed by atoms with Gasteiger partial charge in [0.15, 0.2) is 11.5 Å². The second-order valence-electron chi connectivity index (χ2n) is 8.63. The van der Waals surface area contributed by atoms with Crippen LogP contribution in [0.5, 0.6) is 17.2 Å². The molecule has 2 heterocycles. The number of pyridine rings is 1. The summed E-state index contributed by atoms with van der Waals surface area (Å²) >= 11 is 0. The lowest BCUT2D eigenvalue weighted by Gasteiger charge is -2.21. The van der Waals surface area contributed by atoms with Gasteiger partial charge in [-0.1, -0.05) is 18.2 Å². The van der Waals surface area contributed by atoms with Crippen molar-refractivity contribution in [2.75, 3.05) is 48.5 Å². The molecule has 4 rings (SSSR count). The molecule has 0 aliphatic heterocycles. The minimum absolute atomic E-state index is 0.177. The number of phenols is 1. The lowest BCUT2D eigenvalue weighted by atomic mass is 9.99. The number of hydrogen-bond acceptors (Lipinski definition) is 6. The summed E-state index contributed by atoms with van der Waals surface area (Å²) in [6.07, 6.45) is 3.64. The highest BCUT2D eigenvalue weighted by Gasteiger charge is 2.21. The van der Waals surface area contributed by atoms with Gasteiger partial charge in [-0.15, -0.1) is 0 Å². The molecule has 0 radical (unpaired) electrons. The average molecular weight is 475 g/mol. The van der Waals surface area contributed by atoms with Crippen molar-refractivity contribution in [2.24, 2.45) is 0 Å². The van der Waals surface area contributed by atoms with Crippen molar-refractivity contribution in [2.45, 2.75) is 0 Å². The first-order valence-corrected chi connectivity index (χ1v) is 11.3. The Labute approximate surface area is 204 Å².